The average Bonchev–Trinajstić information content (AvgIpc) is 3.08. The quantitative estimate of drug-likeness (QED) is 0.241. The lowest BCUT2D eigenvalue weighted by Crippen LogP contribution is -2.45. The van der Waals surface area contributed by atoms with Gasteiger partial charge in [-0.25, -0.2) is 4.79 Å². The molecule has 1 saturated heterocycles. The van der Waals surface area contributed by atoms with Crippen molar-refractivity contribution < 1.29 is 9.53 Å². The summed E-state index contributed by atoms with van der Waals surface area (Å²) >= 11 is 0. The normalized spacial score (nSPS) is 16.9. The molecular formula is C20H34IN5O2. The first kappa shape index (κ1) is 24.3. The zero-order valence-electron chi connectivity index (χ0n) is 17.3. The SMILES string of the molecule is CN=C(NCCCNC(=O)OC(C)(C)C)NC1CCN(c2ccccc2)C1.I. The number of anilines is 1. The van der Waals surface area contributed by atoms with E-state index in [1.54, 1.807) is 7.05 Å². The van der Waals surface area contributed by atoms with E-state index in [-0.39, 0.29) is 30.1 Å². The predicted octanol–water partition coefficient (Wildman–Crippen LogP) is 2.96. The molecule has 1 unspecified atom stereocenters. The van der Waals surface area contributed by atoms with Crippen molar-refractivity contribution in [1.82, 2.24) is 16.0 Å². The van der Waals surface area contributed by atoms with Crippen molar-refractivity contribution in [3.05, 3.63) is 30.3 Å². The molecule has 1 aromatic carbocycles. The van der Waals surface area contributed by atoms with Crippen molar-refractivity contribution in [3.63, 3.8) is 0 Å². The molecule has 1 aromatic rings. The van der Waals surface area contributed by atoms with Gasteiger partial charge in [0.25, 0.3) is 0 Å². The van der Waals surface area contributed by atoms with Gasteiger partial charge >= 0.3 is 6.09 Å². The van der Waals surface area contributed by atoms with Crippen LogP contribution < -0.4 is 20.9 Å². The number of benzene rings is 1. The third-order valence-electron chi connectivity index (χ3n) is 4.19. The second kappa shape index (κ2) is 12.0. The molecule has 1 aliphatic rings. The van der Waals surface area contributed by atoms with E-state index < -0.39 is 5.60 Å². The van der Waals surface area contributed by atoms with Crippen LogP contribution in [-0.2, 0) is 4.74 Å². The third kappa shape index (κ3) is 8.99. The van der Waals surface area contributed by atoms with E-state index in [1.165, 1.54) is 5.69 Å². The predicted molar refractivity (Wildman–Crippen MR) is 126 cm³/mol. The molecule has 0 aliphatic carbocycles. The van der Waals surface area contributed by atoms with Crippen LogP contribution in [0.3, 0.4) is 0 Å². The molecule has 2 rings (SSSR count). The van der Waals surface area contributed by atoms with E-state index in [9.17, 15) is 4.79 Å². The van der Waals surface area contributed by atoms with Crippen molar-refractivity contribution >= 4 is 41.7 Å². The fraction of sp³-hybridized carbons (Fsp3) is 0.600. The minimum atomic E-state index is -0.469. The van der Waals surface area contributed by atoms with Gasteiger partial charge in [-0.2, -0.15) is 0 Å². The lowest BCUT2D eigenvalue weighted by molar-refractivity contribution is 0.0527. The Balaban J connectivity index is 0.00000392. The van der Waals surface area contributed by atoms with Crippen LogP contribution in [0.15, 0.2) is 35.3 Å². The highest BCUT2D eigenvalue weighted by Crippen LogP contribution is 2.19. The maximum Gasteiger partial charge on any atom is 0.407 e. The number of hydrogen-bond donors (Lipinski definition) is 3. The summed E-state index contributed by atoms with van der Waals surface area (Å²) in [7, 11) is 1.78. The van der Waals surface area contributed by atoms with Gasteiger partial charge in [-0.1, -0.05) is 18.2 Å². The number of hydrogen-bond acceptors (Lipinski definition) is 4. The van der Waals surface area contributed by atoms with Crippen LogP contribution in [0.2, 0.25) is 0 Å². The number of carbonyl (C=O) groups is 1. The van der Waals surface area contributed by atoms with Crippen LogP contribution >= 0.6 is 24.0 Å². The first-order valence-corrected chi connectivity index (χ1v) is 9.61. The molecule has 0 aromatic heterocycles. The summed E-state index contributed by atoms with van der Waals surface area (Å²) in [6.45, 7) is 8.85. The lowest BCUT2D eigenvalue weighted by Gasteiger charge is -2.21. The molecule has 1 atom stereocenters. The van der Waals surface area contributed by atoms with Crippen LogP contribution in [0.25, 0.3) is 0 Å². The largest absolute Gasteiger partial charge is 0.444 e. The Hall–Kier alpha value is -1.71. The Bertz CT molecular complexity index is 619. The van der Waals surface area contributed by atoms with E-state index in [2.05, 4.69) is 50.1 Å². The summed E-state index contributed by atoms with van der Waals surface area (Å²) in [5.74, 6) is 0.798. The monoisotopic (exact) mass is 503 g/mol. The van der Waals surface area contributed by atoms with Crippen molar-refractivity contribution in [2.75, 3.05) is 38.1 Å². The number of amides is 1. The fourth-order valence-corrected chi connectivity index (χ4v) is 2.94. The first-order chi connectivity index (χ1) is 12.9. The molecule has 8 heteroatoms. The molecule has 0 radical (unpaired) electrons. The number of para-hydroxylation sites is 1. The smallest absolute Gasteiger partial charge is 0.407 e. The number of ether oxygens (including phenoxy) is 1. The number of carbonyl (C=O) groups excluding carboxylic acids is 1. The average molecular weight is 503 g/mol. The number of nitrogens with one attached hydrogen (secondary N) is 3. The van der Waals surface area contributed by atoms with Gasteiger partial charge in [0.2, 0.25) is 0 Å². The number of guanidine groups is 1. The van der Waals surface area contributed by atoms with Crippen LogP contribution in [0, 0.1) is 0 Å². The van der Waals surface area contributed by atoms with Gasteiger partial charge in [-0.3, -0.25) is 4.99 Å². The molecule has 1 aliphatic heterocycles. The maximum atomic E-state index is 11.6. The van der Waals surface area contributed by atoms with Crippen molar-refractivity contribution in [1.29, 1.82) is 0 Å². The van der Waals surface area contributed by atoms with Crippen molar-refractivity contribution in [2.24, 2.45) is 4.99 Å². The Labute approximate surface area is 185 Å². The molecule has 0 spiro atoms. The second-order valence-electron chi connectivity index (χ2n) is 7.69. The molecular weight excluding hydrogens is 469 g/mol. The lowest BCUT2D eigenvalue weighted by atomic mass is 10.2. The summed E-state index contributed by atoms with van der Waals surface area (Å²) < 4.78 is 5.21. The number of halogens is 1. The van der Waals surface area contributed by atoms with E-state index in [0.29, 0.717) is 12.6 Å². The molecule has 0 saturated carbocycles. The zero-order chi connectivity index (χ0) is 19.7. The number of alkyl carbamates (subject to hydrolysis) is 1. The van der Waals surface area contributed by atoms with Gasteiger partial charge in [0.1, 0.15) is 5.60 Å². The van der Waals surface area contributed by atoms with Crippen molar-refractivity contribution in [2.45, 2.75) is 45.3 Å². The Morgan fingerprint density at radius 2 is 1.89 bits per heavy atom. The van der Waals surface area contributed by atoms with Crippen LogP contribution in [-0.4, -0.2) is 56.9 Å². The van der Waals surface area contributed by atoms with E-state index in [4.69, 9.17) is 4.74 Å². The van der Waals surface area contributed by atoms with Gasteiger partial charge in [-0.15, -0.1) is 24.0 Å². The Morgan fingerprint density at radius 1 is 1.21 bits per heavy atom. The van der Waals surface area contributed by atoms with Gasteiger partial charge in [-0.05, 0) is 45.7 Å². The first-order valence-electron chi connectivity index (χ1n) is 9.61. The summed E-state index contributed by atoms with van der Waals surface area (Å²) in [5.41, 5.74) is 0.793. The Kier molecular flexibility index (Phi) is 10.4. The topological polar surface area (TPSA) is 78.0 Å². The number of nitrogens with zero attached hydrogens (tertiary/aromatic N) is 2. The van der Waals surface area contributed by atoms with Crippen LogP contribution in [0.4, 0.5) is 10.5 Å². The third-order valence-corrected chi connectivity index (χ3v) is 4.19. The molecule has 28 heavy (non-hydrogen) atoms. The zero-order valence-corrected chi connectivity index (χ0v) is 19.7. The van der Waals surface area contributed by atoms with Crippen LogP contribution in [0.5, 0.6) is 0 Å². The standard InChI is InChI=1S/C20H33N5O2.HI/c1-20(2,3)27-19(26)23-13-8-12-22-18(21-4)24-16-11-14-25(15-16)17-9-6-5-7-10-17;/h5-7,9-10,16H,8,11-15H2,1-4H3,(H,23,26)(H2,21,22,24);1H. The molecule has 1 amide bonds. The van der Waals surface area contributed by atoms with Crippen LogP contribution in [0.1, 0.15) is 33.6 Å². The van der Waals surface area contributed by atoms with E-state index in [1.807, 2.05) is 26.8 Å². The van der Waals surface area contributed by atoms with Gasteiger partial charge in [0, 0.05) is 45.0 Å². The molecule has 3 N–H and O–H groups in total. The number of rotatable bonds is 6. The van der Waals surface area contributed by atoms with E-state index in [0.717, 1.165) is 38.4 Å². The highest BCUT2D eigenvalue weighted by molar-refractivity contribution is 14.0. The van der Waals surface area contributed by atoms with Crippen molar-refractivity contribution in [3.8, 4) is 0 Å². The van der Waals surface area contributed by atoms with E-state index >= 15 is 0 Å². The molecule has 0 bridgehead atoms. The Morgan fingerprint density at radius 3 is 2.54 bits per heavy atom. The fourth-order valence-electron chi connectivity index (χ4n) is 2.94. The summed E-state index contributed by atoms with van der Waals surface area (Å²) in [5, 5.41) is 9.54. The molecule has 1 fully saturated rings. The van der Waals surface area contributed by atoms with Gasteiger partial charge in [0.15, 0.2) is 5.96 Å². The highest BCUT2D eigenvalue weighted by Gasteiger charge is 2.23. The number of aliphatic imine (C=N–C) groups is 1. The molecule has 1 heterocycles. The minimum absolute atomic E-state index is 0. The molecule has 158 valence electrons. The summed E-state index contributed by atoms with van der Waals surface area (Å²) in [6.07, 6.45) is 1.49. The second-order valence-corrected chi connectivity index (χ2v) is 7.69. The minimum Gasteiger partial charge on any atom is -0.444 e. The summed E-state index contributed by atoms with van der Waals surface area (Å²) in [6, 6.07) is 10.8. The van der Waals surface area contributed by atoms with Gasteiger partial charge in [0.05, 0.1) is 0 Å². The van der Waals surface area contributed by atoms with Gasteiger partial charge < -0.3 is 25.6 Å². The maximum absolute atomic E-state index is 11.6. The highest BCUT2D eigenvalue weighted by atomic mass is 127. The molecule has 7 nitrogen and oxygen atoms in total. The summed E-state index contributed by atoms with van der Waals surface area (Å²) in [4.78, 5) is 18.3.